The summed E-state index contributed by atoms with van der Waals surface area (Å²) in [4.78, 5) is 12.1. The fraction of sp³-hybridized carbons (Fsp3) is 0.188. The first-order chi connectivity index (χ1) is 12.2. The van der Waals surface area contributed by atoms with Crippen LogP contribution in [0.25, 0.3) is 0 Å². The molecule has 0 fully saturated rings. The van der Waals surface area contributed by atoms with E-state index in [0.29, 0.717) is 22.9 Å². The maximum atomic E-state index is 12.5. The molecule has 0 radical (unpaired) electrons. The number of hydrogen-bond donors (Lipinski definition) is 2. The van der Waals surface area contributed by atoms with Crippen LogP contribution >= 0.6 is 11.6 Å². The van der Waals surface area contributed by atoms with Gasteiger partial charge in [0.15, 0.2) is 11.5 Å². The Morgan fingerprint density at radius 3 is 2.08 bits per heavy atom. The van der Waals surface area contributed by atoms with Crippen LogP contribution in [0.15, 0.2) is 35.2 Å². The van der Waals surface area contributed by atoms with E-state index >= 15 is 0 Å². The fourth-order valence-electron chi connectivity index (χ4n) is 2.22. The van der Waals surface area contributed by atoms with Gasteiger partial charge in [-0.15, -0.1) is 0 Å². The van der Waals surface area contributed by atoms with E-state index in [1.165, 1.54) is 45.6 Å². The second-order valence-electron chi connectivity index (χ2n) is 5.06. The number of rotatable bonds is 6. The van der Waals surface area contributed by atoms with Gasteiger partial charge < -0.3 is 19.5 Å². The van der Waals surface area contributed by atoms with Crippen molar-refractivity contribution in [3.8, 4) is 17.2 Å². The Kier molecular flexibility index (Phi) is 5.96. The molecule has 0 saturated carbocycles. The zero-order chi connectivity index (χ0) is 19.5. The van der Waals surface area contributed by atoms with Crippen LogP contribution in [0.5, 0.6) is 17.2 Å². The minimum absolute atomic E-state index is 0.0622. The van der Waals surface area contributed by atoms with Crippen LogP contribution in [0.2, 0.25) is 5.02 Å². The average Bonchev–Trinajstić information content (AvgIpc) is 2.59. The van der Waals surface area contributed by atoms with Gasteiger partial charge in [-0.2, -0.15) is 0 Å². The van der Waals surface area contributed by atoms with Crippen LogP contribution in [-0.2, 0) is 10.0 Å². The number of methoxy groups -OCH3 is 3. The Bertz CT molecular complexity index is 921. The number of benzene rings is 2. The standard InChI is InChI=1S/C16H17ClN2O6S/c1-23-12-7-10(8-13(24-2)15(12)25-3)19-16(20)9-4-5-11(17)14(6-9)26(18,21)22/h4-8H,1-3H3,(H,19,20)(H2,18,21,22). The molecular weight excluding hydrogens is 384 g/mol. The third-order valence-electron chi connectivity index (χ3n) is 3.42. The largest absolute Gasteiger partial charge is 0.493 e. The molecule has 0 atom stereocenters. The third-order valence-corrected chi connectivity index (χ3v) is 4.81. The van der Waals surface area contributed by atoms with Gasteiger partial charge >= 0.3 is 0 Å². The van der Waals surface area contributed by atoms with Crippen LogP contribution in [0.4, 0.5) is 5.69 Å². The van der Waals surface area contributed by atoms with E-state index in [-0.39, 0.29) is 15.5 Å². The zero-order valence-corrected chi connectivity index (χ0v) is 15.8. The molecule has 26 heavy (non-hydrogen) atoms. The van der Waals surface area contributed by atoms with Crippen molar-refractivity contribution in [3.05, 3.63) is 40.9 Å². The van der Waals surface area contributed by atoms with Gasteiger partial charge in [-0.3, -0.25) is 4.79 Å². The second kappa shape index (κ2) is 7.81. The molecule has 10 heteroatoms. The van der Waals surface area contributed by atoms with Crippen LogP contribution in [0.3, 0.4) is 0 Å². The Morgan fingerprint density at radius 2 is 1.62 bits per heavy atom. The lowest BCUT2D eigenvalue weighted by molar-refractivity contribution is 0.102. The molecule has 140 valence electrons. The summed E-state index contributed by atoms with van der Waals surface area (Å²) in [5.74, 6) is 0.504. The third kappa shape index (κ3) is 4.18. The molecule has 0 aliphatic carbocycles. The maximum Gasteiger partial charge on any atom is 0.255 e. The molecule has 0 aromatic heterocycles. The molecule has 0 bridgehead atoms. The summed E-state index contributed by atoms with van der Waals surface area (Å²) in [6, 6.07) is 6.84. The predicted octanol–water partition coefficient (Wildman–Crippen LogP) is 2.27. The highest BCUT2D eigenvalue weighted by atomic mass is 35.5. The maximum absolute atomic E-state index is 12.5. The van der Waals surface area contributed by atoms with Gasteiger partial charge in [0, 0.05) is 23.4 Å². The van der Waals surface area contributed by atoms with E-state index in [1.54, 1.807) is 0 Å². The van der Waals surface area contributed by atoms with E-state index in [1.807, 2.05) is 0 Å². The van der Waals surface area contributed by atoms with Gasteiger partial charge in [-0.1, -0.05) is 11.6 Å². The number of carbonyl (C=O) groups is 1. The number of hydrogen-bond acceptors (Lipinski definition) is 6. The quantitative estimate of drug-likeness (QED) is 0.768. The molecule has 0 aliphatic heterocycles. The Balaban J connectivity index is 2.39. The van der Waals surface area contributed by atoms with Crippen molar-refractivity contribution in [1.82, 2.24) is 0 Å². The molecule has 3 N–H and O–H groups in total. The number of primary sulfonamides is 1. The Morgan fingerprint density at radius 1 is 1.04 bits per heavy atom. The number of nitrogens with one attached hydrogen (secondary N) is 1. The minimum Gasteiger partial charge on any atom is -0.493 e. The van der Waals surface area contributed by atoms with Crippen LogP contribution in [-0.4, -0.2) is 35.7 Å². The summed E-state index contributed by atoms with van der Waals surface area (Å²) < 4.78 is 38.7. The van der Waals surface area contributed by atoms with Gasteiger partial charge in [0.2, 0.25) is 15.8 Å². The molecule has 2 aromatic rings. The zero-order valence-electron chi connectivity index (χ0n) is 14.2. The van der Waals surface area contributed by atoms with Gasteiger partial charge in [-0.25, -0.2) is 13.6 Å². The topological polar surface area (TPSA) is 117 Å². The molecule has 0 unspecified atom stereocenters. The van der Waals surface area contributed by atoms with E-state index in [2.05, 4.69) is 5.32 Å². The van der Waals surface area contributed by atoms with Gasteiger partial charge in [-0.05, 0) is 18.2 Å². The average molecular weight is 401 g/mol. The fourth-order valence-corrected chi connectivity index (χ4v) is 3.29. The van der Waals surface area contributed by atoms with Crippen LogP contribution in [0.1, 0.15) is 10.4 Å². The minimum atomic E-state index is -4.06. The monoisotopic (exact) mass is 400 g/mol. The van der Waals surface area contributed by atoms with Crippen LogP contribution < -0.4 is 24.7 Å². The summed E-state index contributed by atoms with van der Waals surface area (Å²) in [5.41, 5.74) is 0.420. The number of carbonyl (C=O) groups excluding carboxylic acids is 1. The SMILES string of the molecule is COc1cc(NC(=O)c2ccc(Cl)c(S(N)(=O)=O)c2)cc(OC)c1OC. The van der Waals surface area contributed by atoms with Crippen molar-refractivity contribution in [1.29, 1.82) is 0 Å². The number of amides is 1. The summed E-state index contributed by atoms with van der Waals surface area (Å²) in [6.45, 7) is 0. The smallest absolute Gasteiger partial charge is 0.255 e. The van der Waals surface area contributed by atoms with E-state index < -0.39 is 15.9 Å². The number of ether oxygens (including phenoxy) is 3. The highest BCUT2D eigenvalue weighted by Crippen LogP contribution is 2.40. The molecule has 8 nitrogen and oxygen atoms in total. The first-order valence-electron chi connectivity index (χ1n) is 7.15. The van der Waals surface area contributed by atoms with Crippen molar-refractivity contribution in [3.63, 3.8) is 0 Å². The first-order valence-corrected chi connectivity index (χ1v) is 9.07. The second-order valence-corrected chi connectivity index (χ2v) is 7.00. The lowest BCUT2D eigenvalue weighted by Crippen LogP contribution is -2.16. The van der Waals surface area contributed by atoms with Gasteiger partial charge in [0.05, 0.1) is 26.4 Å². The van der Waals surface area contributed by atoms with E-state index in [4.69, 9.17) is 31.0 Å². The molecule has 2 aromatic carbocycles. The molecule has 0 aliphatic rings. The summed E-state index contributed by atoms with van der Waals surface area (Å²) in [6.07, 6.45) is 0. The molecule has 2 rings (SSSR count). The van der Waals surface area contributed by atoms with Crippen molar-refractivity contribution >= 4 is 33.2 Å². The van der Waals surface area contributed by atoms with Crippen molar-refractivity contribution in [2.24, 2.45) is 5.14 Å². The van der Waals surface area contributed by atoms with Gasteiger partial charge in [0.1, 0.15) is 4.90 Å². The number of halogens is 1. The first kappa shape index (κ1) is 19.8. The molecule has 0 spiro atoms. The molecule has 0 saturated heterocycles. The van der Waals surface area contributed by atoms with Gasteiger partial charge in [0.25, 0.3) is 5.91 Å². The highest BCUT2D eigenvalue weighted by Gasteiger charge is 2.18. The lowest BCUT2D eigenvalue weighted by atomic mass is 10.2. The molecular formula is C16H17ClN2O6S. The Hall–Kier alpha value is -2.49. The van der Waals surface area contributed by atoms with E-state index in [0.717, 1.165) is 6.07 Å². The summed E-state index contributed by atoms with van der Waals surface area (Å²) in [5, 5.41) is 7.65. The number of sulfonamides is 1. The lowest BCUT2D eigenvalue weighted by Gasteiger charge is -2.15. The van der Waals surface area contributed by atoms with Crippen molar-refractivity contribution in [2.45, 2.75) is 4.90 Å². The van der Waals surface area contributed by atoms with Crippen molar-refractivity contribution in [2.75, 3.05) is 26.6 Å². The van der Waals surface area contributed by atoms with E-state index in [9.17, 15) is 13.2 Å². The molecule has 1 amide bonds. The Labute approximate surface area is 155 Å². The number of anilines is 1. The summed E-state index contributed by atoms with van der Waals surface area (Å²) in [7, 11) is 0.288. The molecule has 0 heterocycles. The highest BCUT2D eigenvalue weighted by molar-refractivity contribution is 7.89. The predicted molar refractivity (Wildman–Crippen MR) is 96.9 cm³/mol. The normalized spacial score (nSPS) is 11.0. The summed E-state index contributed by atoms with van der Waals surface area (Å²) >= 11 is 5.82. The van der Waals surface area contributed by atoms with Crippen LogP contribution in [0, 0.1) is 0 Å². The number of nitrogens with two attached hydrogens (primary N) is 1. The van der Waals surface area contributed by atoms with Crippen molar-refractivity contribution < 1.29 is 27.4 Å².